The van der Waals surface area contributed by atoms with Crippen LogP contribution in [0.5, 0.6) is 0 Å². The van der Waals surface area contributed by atoms with Gasteiger partial charge in [0.2, 0.25) is 0 Å². The van der Waals surface area contributed by atoms with Gasteiger partial charge in [0.15, 0.2) is 0 Å². The van der Waals surface area contributed by atoms with Crippen LogP contribution in [0.1, 0.15) is 146 Å². The molecule has 0 fully saturated rings. The molecule has 0 rings (SSSR count). The SMILES string of the molecule is CCCCCCCCCCCCOCC(CC)(CC)COC(=O)C(C)(COC(=O)C(C)(COC(=O)C(C)(CO)CO)COC(=O)C(C)(CO)CO)COC(=O)C(C)(COC(=O)C(C)(CO)CO)COC(=O)C(C)(CO)CO. The van der Waals surface area contributed by atoms with Gasteiger partial charge in [0, 0.05) is 12.0 Å². The van der Waals surface area contributed by atoms with Gasteiger partial charge in [-0.05, 0) is 67.7 Å². The first-order valence-corrected chi connectivity index (χ1v) is 26.7. The van der Waals surface area contributed by atoms with Crippen LogP contribution < -0.4 is 0 Å². The third kappa shape index (κ3) is 22.5. The molecule has 77 heavy (non-hydrogen) atoms. The van der Waals surface area contributed by atoms with E-state index in [-0.39, 0.29) is 13.2 Å². The summed E-state index contributed by atoms with van der Waals surface area (Å²) < 4.78 is 44.8. The van der Waals surface area contributed by atoms with Gasteiger partial charge in [-0.15, -0.1) is 0 Å². The molecule has 0 amide bonds. The van der Waals surface area contributed by atoms with E-state index in [0.717, 1.165) is 39.5 Å². The van der Waals surface area contributed by atoms with Crippen molar-refractivity contribution in [2.45, 2.75) is 146 Å². The van der Waals surface area contributed by atoms with E-state index < -0.39 is 178 Å². The molecule has 0 aliphatic rings. The lowest BCUT2D eigenvalue weighted by Crippen LogP contribution is -2.49. The Morgan fingerprint density at radius 1 is 0.286 bits per heavy atom. The van der Waals surface area contributed by atoms with Crippen LogP contribution in [0.25, 0.3) is 0 Å². The van der Waals surface area contributed by atoms with Crippen LogP contribution in [0.4, 0.5) is 0 Å². The Labute approximate surface area is 454 Å². The summed E-state index contributed by atoms with van der Waals surface area (Å²) in [6, 6.07) is 0. The molecule has 450 valence electrons. The van der Waals surface area contributed by atoms with Crippen molar-refractivity contribution in [1.29, 1.82) is 0 Å². The second kappa shape index (κ2) is 34.8. The van der Waals surface area contributed by atoms with E-state index in [2.05, 4.69) is 6.92 Å². The fourth-order valence-corrected chi connectivity index (χ4v) is 6.66. The van der Waals surface area contributed by atoms with Crippen LogP contribution in [-0.2, 0) is 71.5 Å². The van der Waals surface area contributed by atoms with Crippen molar-refractivity contribution in [2.24, 2.45) is 43.3 Å². The van der Waals surface area contributed by atoms with Crippen molar-refractivity contribution in [3.63, 3.8) is 0 Å². The quantitative estimate of drug-likeness (QED) is 0.0247. The number of hydrogen-bond donors (Lipinski definition) is 8. The predicted octanol–water partition coefficient (Wildman–Crippen LogP) is 2.52. The number of aliphatic hydroxyl groups excluding tert-OH is 8. The first kappa shape index (κ1) is 72.9. The molecule has 0 saturated carbocycles. The first-order chi connectivity index (χ1) is 36.1. The van der Waals surface area contributed by atoms with E-state index >= 15 is 0 Å². The molecule has 23 heteroatoms. The lowest BCUT2D eigenvalue weighted by Gasteiger charge is -2.35. The molecule has 0 aromatic heterocycles. The van der Waals surface area contributed by atoms with Crippen LogP contribution >= 0.6 is 0 Å². The summed E-state index contributed by atoms with van der Waals surface area (Å²) in [5.74, 6) is -8.28. The van der Waals surface area contributed by atoms with Crippen molar-refractivity contribution < 1.29 is 112 Å². The standard InChI is InChI=1S/C54H96O23/c1-11-14-15-16-17-18-19-20-21-22-23-70-38-54(12-2,13-3)39-77-46(69)53(10,36-75-44(67)51(8,32-71-40(63)47(4,24-55)25-56)33-72-41(64)48(5,26-57)27-58)37-76-45(68)52(9,34-73-42(65)49(6,28-59)29-60)35-74-43(66)50(7,30-61)31-62/h55-62H,11-39H2,1-10H3. The molecular weight excluding hydrogens is 1020 g/mol. The van der Waals surface area contributed by atoms with Gasteiger partial charge in [-0.25, -0.2) is 0 Å². The zero-order chi connectivity index (χ0) is 59.2. The molecule has 0 unspecified atom stereocenters. The molecule has 0 atom stereocenters. The summed E-state index contributed by atoms with van der Waals surface area (Å²) in [5, 5.41) is 78.4. The fraction of sp³-hybridized carbons (Fsp3) is 0.870. The molecule has 0 saturated heterocycles. The smallest absolute Gasteiger partial charge is 0.318 e. The van der Waals surface area contributed by atoms with Gasteiger partial charge in [0.25, 0.3) is 0 Å². The maximum Gasteiger partial charge on any atom is 0.318 e. The fourth-order valence-electron chi connectivity index (χ4n) is 6.66. The Balaban J connectivity index is 7.09. The number of unbranched alkanes of at least 4 members (excludes halogenated alkanes) is 9. The summed E-state index contributed by atoms with van der Waals surface area (Å²) in [6.07, 6.45) is 12.4. The maximum absolute atomic E-state index is 14.5. The molecule has 0 aromatic rings. The third-order valence-electron chi connectivity index (χ3n) is 14.4. The van der Waals surface area contributed by atoms with E-state index in [1.165, 1.54) is 73.1 Å². The monoisotopic (exact) mass is 1110 g/mol. The molecule has 0 bridgehead atoms. The van der Waals surface area contributed by atoms with Gasteiger partial charge in [-0.1, -0.05) is 78.6 Å². The Kier molecular flexibility index (Phi) is 33.0. The Bertz CT molecular complexity index is 1620. The van der Waals surface area contributed by atoms with E-state index in [0.29, 0.717) is 19.4 Å². The van der Waals surface area contributed by atoms with Crippen molar-refractivity contribution in [1.82, 2.24) is 0 Å². The number of ether oxygens (including phenoxy) is 8. The van der Waals surface area contributed by atoms with E-state index in [9.17, 15) is 74.4 Å². The Hall–Kier alpha value is -4.07. The number of aliphatic hydroxyl groups is 8. The van der Waals surface area contributed by atoms with Crippen LogP contribution in [-0.4, -0.2) is 195 Å². The average molecular weight is 1110 g/mol. The van der Waals surface area contributed by atoms with Crippen molar-refractivity contribution >= 4 is 41.8 Å². The summed E-state index contributed by atoms with van der Waals surface area (Å²) in [6.45, 7) is 2.13. The second-order valence-corrected chi connectivity index (χ2v) is 22.7. The summed E-state index contributed by atoms with van der Waals surface area (Å²) in [7, 11) is 0. The zero-order valence-corrected chi connectivity index (χ0v) is 47.7. The molecule has 8 N–H and O–H groups in total. The van der Waals surface area contributed by atoms with Crippen molar-refractivity contribution in [3.05, 3.63) is 0 Å². The second-order valence-electron chi connectivity index (χ2n) is 22.7. The summed E-state index contributed by atoms with van der Waals surface area (Å²) >= 11 is 0. The molecule has 0 heterocycles. The number of rotatable bonds is 44. The largest absolute Gasteiger partial charge is 0.464 e. The highest BCUT2D eigenvalue weighted by Crippen LogP contribution is 2.33. The number of hydrogen-bond acceptors (Lipinski definition) is 23. The zero-order valence-electron chi connectivity index (χ0n) is 47.7. The Morgan fingerprint density at radius 2 is 0.494 bits per heavy atom. The van der Waals surface area contributed by atoms with Gasteiger partial charge in [-0.2, -0.15) is 0 Å². The van der Waals surface area contributed by atoms with Gasteiger partial charge in [0.05, 0.1) is 66.1 Å². The minimum atomic E-state index is -2.14. The maximum atomic E-state index is 14.5. The van der Waals surface area contributed by atoms with E-state index in [4.69, 9.17) is 37.9 Å². The average Bonchev–Trinajstić information content (AvgIpc) is 3.45. The Morgan fingerprint density at radius 3 is 0.714 bits per heavy atom. The molecule has 23 nitrogen and oxygen atoms in total. The van der Waals surface area contributed by atoms with Gasteiger partial charge in [-0.3, -0.25) is 33.6 Å². The molecular formula is C54H96O23. The molecule has 0 spiro atoms. The van der Waals surface area contributed by atoms with E-state index in [1.807, 2.05) is 13.8 Å². The van der Waals surface area contributed by atoms with E-state index in [1.54, 1.807) is 0 Å². The highest BCUT2D eigenvalue weighted by molar-refractivity contribution is 5.83. The van der Waals surface area contributed by atoms with Crippen LogP contribution in [0.15, 0.2) is 0 Å². The normalized spacial score (nSPS) is 12.9. The number of carbonyl (C=O) groups excluding carboxylic acids is 7. The van der Waals surface area contributed by atoms with Crippen LogP contribution in [0.2, 0.25) is 0 Å². The van der Waals surface area contributed by atoms with Crippen LogP contribution in [0, 0.1) is 43.3 Å². The first-order valence-electron chi connectivity index (χ1n) is 26.7. The highest BCUT2D eigenvalue weighted by Gasteiger charge is 2.49. The molecule has 0 aliphatic heterocycles. The van der Waals surface area contributed by atoms with Gasteiger partial charge >= 0.3 is 41.8 Å². The van der Waals surface area contributed by atoms with Crippen molar-refractivity contribution in [3.8, 4) is 0 Å². The minimum absolute atomic E-state index is 0.214. The molecule has 0 aromatic carbocycles. The minimum Gasteiger partial charge on any atom is -0.464 e. The van der Waals surface area contributed by atoms with Gasteiger partial charge in [0.1, 0.15) is 77.5 Å². The lowest BCUT2D eigenvalue weighted by atomic mass is 9.84. The van der Waals surface area contributed by atoms with Crippen molar-refractivity contribution in [2.75, 3.05) is 112 Å². The summed E-state index contributed by atoms with van der Waals surface area (Å²) in [4.78, 5) is 95.2. The third-order valence-corrected chi connectivity index (χ3v) is 14.4. The van der Waals surface area contributed by atoms with Crippen LogP contribution in [0.3, 0.4) is 0 Å². The predicted molar refractivity (Wildman–Crippen MR) is 276 cm³/mol. The summed E-state index contributed by atoms with van der Waals surface area (Å²) in [5.41, 5.74) is -14.5. The highest BCUT2D eigenvalue weighted by atomic mass is 16.6. The number of esters is 7. The molecule has 0 radical (unpaired) electrons. The topological polar surface area (TPSA) is 355 Å². The van der Waals surface area contributed by atoms with Gasteiger partial charge < -0.3 is 78.7 Å². The number of carbonyl (C=O) groups is 7. The molecule has 0 aliphatic carbocycles. The lowest BCUT2D eigenvalue weighted by molar-refractivity contribution is -0.186.